The Balaban J connectivity index is 3.31. The van der Waals surface area contributed by atoms with Crippen LogP contribution in [0.1, 0.15) is 19.8 Å². The van der Waals surface area contributed by atoms with Crippen LogP contribution in [0.3, 0.4) is 0 Å². The molecule has 0 aliphatic heterocycles. The molecule has 0 fully saturated rings. The molecule has 0 heterocycles. The summed E-state index contributed by atoms with van der Waals surface area (Å²) in [5, 5.41) is 3.03. The molecule has 0 bridgehead atoms. The van der Waals surface area contributed by atoms with E-state index in [4.69, 9.17) is 4.74 Å². The van der Waals surface area contributed by atoms with Crippen LogP contribution in [0.25, 0.3) is 0 Å². The van der Waals surface area contributed by atoms with Crippen molar-refractivity contribution < 1.29 is 17.9 Å². The van der Waals surface area contributed by atoms with Gasteiger partial charge >= 0.3 is 6.18 Å². The van der Waals surface area contributed by atoms with Gasteiger partial charge in [0.15, 0.2) is 0 Å². The number of alkyl halides is 3. The molecule has 0 aliphatic carbocycles. The van der Waals surface area contributed by atoms with E-state index >= 15 is 0 Å². The number of ether oxygens (including phenoxy) is 1. The summed E-state index contributed by atoms with van der Waals surface area (Å²) in [6, 6.07) is 0. The maximum absolute atomic E-state index is 11.7. The van der Waals surface area contributed by atoms with E-state index in [1.807, 2.05) is 6.92 Å². The molecule has 1 N–H and O–H groups in total. The lowest BCUT2D eigenvalue weighted by Gasteiger charge is -2.13. The summed E-state index contributed by atoms with van der Waals surface area (Å²) in [6.07, 6.45) is -3.18. The molecule has 0 aromatic carbocycles. The largest absolute Gasteiger partial charge is 0.389 e. The molecule has 5 heteroatoms. The molecule has 0 spiro atoms. The second-order valence-corrected chi connectivity index (χ2v) is 3.35. The number of nitrogens with one attached hydrogen (secondary N) is 1. The van der Waals surface area contributed by atoms with E-state index in [0.29, 0.717) is 13.1 Å². The zero-order valence-electron chi connectivity index (χ0n) is 8.94. The molecule has 0 rings (SSSR count). The molecule has 2 nitrogen and oxygen atoms in total. The third-order valence-electron chi connectivity index (χ3n) is 1.73. The van der Waals surface area contributed by atoms with Crippen molar-refractivity contribution in [2.45, 2.75) is 32.0 Å². The summed E-state index contributed by atoms with van der Waals surface area (Å²) in [6.45, 7) is 6.80. The van der Waals surface area contributed by atoms with E-state index in [9.17, 15) is 13.2 Å². The van der Waals surface area contributed by atoms with Crippen molar-refractivity contribution in [1.82, 2.24) is 5.32 Å². The highest BCUT2D eigenvalue weighted by atomic mass is 19.4. The molecule has 0 aliphatic rings. The average molecular weight is 225 g/mol. The number of hydrogen-bond donors (Lipinski definition) is 1. The monoisotopic (exact) mass is 225 g/mol. The molecule has 90 valence electrons. The van der Waals surface area contributed by atoms with Crippen molar-refractivity contribution in [3.63, 3.8) is 0 Å². The fourth-order valence-corrected chi connectivity index (χ4v) is 1.00. The lowest BCUT2D eigenvalue weighted by Crippen LogP contribution is -2.27. The zero-order chi connectivity index (χ0) is 11.7. The van der Waals surface area contributed by atoms with Crippen molar-refractivity contribution in [3.8, 4) is 0 Å². The van der Waals surface area contributed by atoms with Gasteiger partial charge in [0, 0.05) is 26.1 Å². The normalized spacial score (nSPS) is 13.9. The van der Waals surface area contributed by atoms with Gasteiger partial charge in [0.2, 0.25) is 0 Å². The Morgan fingerprint density at radius 2 is 2.13 bits per heavy atom. The van der Waals surface area contributed by atoms with Crippen molar-refractivity contribution >= 4 is 0 Å². The topological polar surface area (TPSA) is 21.3 Å². The second kappa shape index (κ2) is 7.70. The van der Waals surface area contributed by atoms with Crippen LogP contribution >= 0.6 is 0 Å². The van der Waals surface area contributed by atoms with Crippen LogP contribution in [-0.2, 0) is 4.74 Å². The molecule has 0 amide bonds. The molecule has 1 unspecified atom stereocenters. The molecule has 1 atom stereocenters. The first-order chi connectivity index (χ1) is 6.95. The van der Waals surface area contributed by atoms with Crippen LogP contribution in [-0.4, -0.2) is 32.0 Å². The quantitative estimate of drug-likeness (QED) is 0.506. The molecular weight excluding hydrogens is 207 g/mol. The Kier molecular flexibility index (Phi) is 7.42. The van der Waals surface area contributed by atoms with E-state index in [1.54, 1.807) is 6.08 Å². The van der Waals surface area contributed by atoms with E-state index in [2.05, 4.69) is 11.9 Å². The molecule has 0 aromatic rings. The predicted octanol–water partition coefficient (Wildman–Crippen LogP) is 2.51. The maximum Gasteiger partial charge on any atom is 0.389 e. The highest BCUT2D eigenvalue weighted by molar-refractivity contribution is 4.70. The standard InChI is InChI=1S/C10H18F3NO/c1-3-6-14-8-9(2)15-7-4-5-10(11,12)13/h3,9,14H,1,4-8H2,2H3. The second-order valence-electron chi connectivity index (χ2n) is 3.35. The predicted molar refractivity (Wildman–Crippen MR) is 53.8 cm³/mol. The first kappa shape index (κ1) is 14.5. The Morgan fingerprint density at radius 1 is 1.47 bits per heavy atom. The van der Waals surface area contributed by atoms with E-state index in [-0.39, 0.29) is 19.1 Å². The van der Waals surface area contributed by atoms with Gasteiger partial charge in [-0.3, -0.25) is 0 Å². The minimum Gasteiger partial charge on any atom is -0.377 e. The van der Waals surface area contributed by atoms with Crippen LogP contribution in [0.4, 0.5) is 13.2 Å². The molecule has 0 saturated carbocycles. The Labute approximate surface area is 88.5 Å². The van der Waals surface area contributed by atoms with Gasteiger partial charge in [-0.15, -0.1) is 6.58 Å². The average Bonchev–Trinajstić information content (AvgIpc) is 2.11. The number of hydrogen-bond acceptors (Lipinski definition) is 2. The third kappa shape index (κ3) is 11.4. The minimum absolute atomic E-state index is 0.0231. The SMILES string of the molecule is C=CCNCC(C)OCCCC(F)(F)F. The Hall–Kier alpha value is -0.550. The summed E-state index contributed by atoms with van der Waals surface area (Å²) in [5.74, 6) is 0. The smallest absolute Gasteiger partial charge is 0.377 e. The van der Waals surface area contributed by atoms with Gasteiger partial charge in [0.05, 0.1) is 6.10 Å². The van der Waals surface area contributed by atoms with Crippen molar-refractivity contribution in [2.75, 3.05) is 19.7 Å². The van der Waals surface area contributed by atoms with Gasteiger partial charge in [-0.1, -0.05) is 6.08 Å². The van der Waals surface area contributed by atoms with Crippen LogP contribution in [0.15, 0.2) is 12.7 Å². The minimum atomic E-state index is -4.08. The molecule has 0 saturated heterocycles. The highest BCUT2D eigenvalue weighted by Crippen LogP contribution is 2.21. The van der Waals surface area contributed by atoms with Gasteiger partial charge in [0.1, 0.15) is 0 Å². The van der Waals surface area contributed by atoms with Gasteiger partial charge < -0.3 is 10.1 Å². The molecule has 0 aromatic heterocycles. The van der Waals surface area contributed by atoms with Crippen molar-refractivity contribution in [3.05, 3.63) is 12.7 Å². The van der Waals surface area contributed by atoms with E-state index in [0.717, 1.165) is 0 Å². The number of halogens is 3. The van der Waals surface area contributed by atoms with Gasteiger partial charge in [0.25, 0.3) is 0 Å². The van der Waals surface area contributed by atoms with Gasteiger partial charge in [-0.2, -0.15) is 13.2 Å². The Bertz CT molecular complexity index is 171. The van der Waals surface area contributed by atoms with Crippen molar-refractivity contribution in [2.24, 2.45) is 0 Å². The summed E-state index contributed by atoms with van der Waals surface area (Å²) >= 11 is 0. The maximum atomic E-state index is 11.7. The third-order valence-corrected chi connectivity index (χ3v) is 1.73. The number of rotatable bonds is 8. The summed E-state index contributed by atoms with van der Waals surface area (Å²) in [5.41, 5.74) is 0. The van der Waals surface area contributed by atoms with Crippen LogP contribution in [0, 0.1) is 0 Å². The first-order valence-corrected chi connectivity index (χ1v) is 4.95. The fourth-order valence-electron chi connectivity index (χ4n) is 1.00. The van der Waals surface area contributed by atoms with E-state index < -0.39 is 12.6 Å². The van der Waals surface area contributed by atoms with Crippen molar-refractivity contribution in [1.29, 1.82) is 0 Å². The molecule has 0 radical (unpaired) electrons. The van der Waals surface area contributed by atoms with Crippen LogP contribution in [0.2, 0.25) is 0 Å². The van der Waals surface area contributed by atoms with Gasteiger partial charge in [-0.05, 0) is 13.3 Å². The molecule has 15 heavy (non-hydrogen) atoms. The molecular formula is C10H18F3NO. The van der Waals surface area contributed by atoms with Crippen LogP contribution in [0.5, 0.6) is 0 Å². The fraction of sp³-hybridized carbons (Fsp3) is 0.800. The summed E-state index contributed by atoms with van der Waals surface area (Å²) in [7, 11) is 0. The van der Waals surface area contributed by atoms with E-state index in [1.165, 1.54) is 0 Å². The van der Waals surface area contributed by atoms with Gasteiger partial charge in [-0.25, -0.2) is 0 Å². The Morgan fingerprint density at radius 3 is 2.67 bits per heavy atom. The van der Waals surface area contributed by atoms with Crippen LogP contribution < -0.4 is 5.32 Å². The summed E-state index contributed by atoms with van der Waals surface area (Å²) in [4.78, 5) is 0. The lowest BCUT2D eigenvalue weighted by molar-refractivity contribution is -0.138. The first-order valence-electron chi connectivity index (χ1n) is 4.95. The zero-order valence-corrected chi connectivity index (χ0v) is 8.94. The summed E-state index contributed by atoms with van der Waals surface area (Å²) < 4.78 is 40.4. The highest BCUT2D eigenvalue weighted by Gasteiger charge is 2.26. The lowest BCUT2D eigenvalue weighted by atomic mass is 10.3.